The molecule has 0 bridgehead atoms. The number of nitrogens with one attached hydrogen (secondary N) is 1. The van der Waals surface area contributed by atoms with Gasteiger partial charge in [-0.3, -0.25) is 9.59 Å². The van der Waals surface area contributed by atoms with Gasteiger partial charge in [-0.2, -0.15) is 5.23 Å². The summed E-state index contributed by atoms with van der Waals surface area (Å²) in [5, 5.41) is 30.9. The molecule has 3 N–H and O–H groups in total. The number of quaternary nitrogens is 1. The maximum absolute atomic E-state index is 14.1. The molecule has 0 spiro atoms. The zero-order chi connectivity index (χ0) is 31.3. The van der Waals surface area contributed by atoms with E-state index in [4.69, 9.17) is 0 Å². The van der Waals surface area contributed by atoms with Crippen LogP contribution in [-0.2, 0) is 9.59 Å². The minimum absolute atomic E-state index is 0.0247. The molecule has 0 heterocycles. The van der Waals surface area contributed by atoms with E-state index in [1.807, 2.05) is 12.1 Å². The summed E-state index contributed by atoms with van der Waals surface area (Å²) in [6, 6.07) is 6.89. The molecule has 5 aliphatic rings. The first-order valence-corrected chi connectivity index (χ1v) is 16.5. The van der Waals surface area contributed by atoms with Crippen LogP contribution in [0.1, 0.15) is 105 Å². The molecule has 6 rings (SSSR count). The molecule has 0 aliphatic heterocycles. The average molecular weight is 590 g/mol. The number of carbonyl (C=O) groups is 2. The Morgan fingerprint density at radius 3 is 2.37 bits per heavy atom. The van der Waals surface area contributed by atoms with E-state index in [1.165, 1.54) is 0 Å². The number of carboxylic acid groups (broad SMARTS) is 1. The SMILES string of the molecule is C=C(C)[C@@H]1CC[C@]2(C(=O)O)CC[C@]3(C)[C@H](CC[C@@H]4[C@@]5(C)C/C(=C/c6cccc([NH+]([O-])O)c6)C(=O)C(C)(C)C5CC[C@]43C)C12. The fourth-order valence-electron chi connectivity index (χ4n) is 12.5. The lowest BCUT2D eigenvalue weighted by Crippen LogP contribution is -2.99. The Bertz CT molecular complexity index is 1390. The number of benzene rings is 1. The van der Waals surface area contributed by atoms with Crippen molar-refractivity contribution in [3.63, 3.8) is 0 Å². The molecule has 6 heteroatoms. The van der Waals surface area contributed by atoms with Gasteiger partial charge in [-0.1, -0.05) is 58.9 Å². The summed E-state index contributed by atoms with van der Waals surface area (Å²) in [4.78, 5) is 27.0. The van der Waals surface area contributed by atoms with Gasteiger partial charge < -0.3 is 10.3 Å². The molecule has 5 fully saturated rings. The van der Waals surface area contributed by atoms with Crippen LogP contribution < -0.4 is 5.23 Å². The quantitative estimate of drug-likeness (QED) is 0.193. The minimum atomic E-state index is -0.967. The van der Waals surface area contributed by atoms with E-state index in [0.717, 1.165) is 68.1 Å². The monoisotopic (exact) mass is 589 g/mol. The maximum atomic E-state index is 14.1. The van der Waals surface area contributed by atoms with Crippen molar-refractivity contribution < 1.29 is 25.1 Å². The van der Waals surface area contributed by atoms with Crippen molar-refractivity contribution in [3.8, 4) is 0 Å². The minimum Gasteiger partial charge on any atom is -0.595 e. The summed E-state index contributed by atoms with van der Waals surface area (Å²) in [6.07, 6.45) is 10.2. The Balaban J connectivity index is 1.41. The highest BCUT2D eigenvalue weighted by Gasteiger charge is 2.72. The second-order valence-electron chi connectivity index (χ2n) is 16.5. The Morgan fingerprint density at radius 2 is 1.72 bits per heavy atom. The Labute approximate surface area is 257 Å². The maximum Gasteiger partial charge on any atom is 0.309 e. The van der Waals surface area contributed by atoms with Crippen LogP contribution in [0.15, 0.2) is 42.0 Å². The van der Waals surface area contributed by atoms with Gasteiger partial charge in [0.15, 0.2) is 11.5 Å². The first-order valence-electron chi connectivity index (χ1n) is 16.5. The first-order chi connectivity index (χ1) is 20.0. The van der Waals surface area contributed by atoms with Crippen LogP contribution in [0, 0.1) is 61.9 Å². The Kier molecular flexibility index (Phi) is 7.05. The second-order valence-corrected chi connectivity index (χ2v) is 16.5. The molecule has 0 aromatic heterocycles. The predicted octanol–water partition coefficient (Wildman–Crippen LogP) is 7.39. The predicted molar refractivity (Wildman–Crippen MR) is 167 cm³/mol. The number of rotatable bonds is 4. The molecule has 5 saturated carbocycles. The summed E-state index contributed by atoms with van der Waals surface area (Å²) in [7, 11) is 0. The van der Waals surface area contributed by atoms with Crippen molar-refractivity contribution in [1.82, 2.24) is 0 Å². The van der Waals surface area contributed by atoms with Gasteiger partial charge in [-0.25, -0.2) is 5.21 Å². The topological polar surface area (TPSA) is 102 Å². The molecular formula is C37H51NO5. The lowest BCUT2D eigenvalue weighted by molar-refractivity contribution is -0.991. The lowest BCUT2D eigenvalue weighted by Gasteiger charge is -2.72. The number of hydrogen-bond donors (Lipinski definition) is 3. The van der Waals surface area contributed by atoms with Gasteiger partial charge in [-0.05, 0) is 128 Å². The molecule has 0 amide bonds. The number of ketones is 1. The zero-order valence-electron chi connectivity index (χ0n) is 27.0. The summed E-state index contributed by atoms with van der Waals surface area (Å²) >= 11 is 0. The van der Waals surface area contributed by atoms with Gasteiger partial charge in [0, 0.05) is 17.5 Å². The van der Waals surface area contributed by atoms with Crippen LogP contribution in [0.25, 0.3) is 6.08 Å². The van der Waals surface area contributed by atoms with Crippen molar-refractivity contribution in [1.29, 1.82) is 0 Å². The van der Waals surface area contributed by atoms with E-state index in [1.54, 1.807) is 18.2 Å². The number of fused-ring (bicyclic) bond motifs is 7. The molecule has 1 aromatic carbocycles. The van der Waals surface area contributed by atoms with Gasteiger partial charge in [0.25, 0.3) is 0 Å². The molecule has 0 radical (unpaired) electrons. The third kappa shape index (κ3) is 4.08. The van der Waals surface area contributed by atoms with Crippen molar-refractivity contribution in [2.75, 3.05) is 0 Å². The number of hydrogen-bond acceptors (Lipinski definition) is 4. The van der Waals surface area contributed by atoms with E-state index in [0.29, 0.717) is 18.3 Å². The number of aliphatic carboxylic acids is 1. The third-order valence-corrected chi connectivity index (χ3v) is 14.6. The van der Waals surface area contributed by atoms with E-state index in [9.17, 15) is 25.1 Å². The molecule has 10 atom stereocenters. The lowest BCUT2D eigenvalue weighted by atomic mass is 9.32. The largest absolute Gasteiger partial charge is 0.595 e. The highest BCUT2D eigenvalue weighted by atomic mass is 16.8. The number of carboxylic acids is 1. The molecule has 43 heavy (non-hydrogen) atoms. The van der Waals surface area contributed by atoms with Crippen molar-refractivity contribution >= 4 is 23.5 Å². The Hall–Kier alpha value is -2.28. The number of carbonyl (C=O) groups excluding carboxylic acids is 1. The van der Waals surface area contributed by atoms with Crippen LogP contribution >= 0.6 is 0 Å². The standard InChI is InChI=1S/C37H51NO5/c1-22(2)26-13-16-37(32(40)41)18-17-35(6)27(30(26)37)11-12-29-34(5)21-24(19-23-9-8-10-25(20-23)38(42)43)31(39)33(3,4)28(34)14-15-36(29,35)7/h8-10,19-20,26-30,38,42H,1,11-18,21H2,2-7H3,(H,40,41)/b24-19-/t26-,27+,28?,29+,30?,34-,35+,36+,37-/m0/s1. The molecule has 3 unspecified atom stereocenters. The van der Waals surface area contributed by atoms with Gasteiger partial charge in [0.1, 0.15) is 0 Å². The first kappa shape index (κ1) is 30.7. The van der Waals surface area contributed by atoms with Crippen molar-refractivity contribution in [2.45, 2.75) is 99.3 Å². The zero-order valence-corrected chi connectivity index (χ0v) is 27.0. The van der Waals surface area contributed by atoms with Crippen molar-refractivity contribution in [2.24, 2.45) is 56.7 Å². The van der Waals surface area contributed by atoms with Crippen molar-refractivity contribution in [3.05, 3.63) is 52.8 Å². The van der Waals surface area contributed by atoms with Gasteiger partial charge >= 0.3 is 5.97 Å². The molecule has 0 saturated heterocycles. The average Bonchev–Trinajstić information content (AvgIpc) is 3.34. The molecular weight excluding hydrogens is 538 g/mol. The smallest absolute Gasteiger partial charge is 0.309 e. The van der Waals surface area contributed by atoms with E-state index in [-0.39, 0.29) is 45.5 Å². The summed E-state index contributed by atoms with van der Waals surface area (Å²) < 4.78 is 0. The molecule has 5 aliphatic carbocycles. The van der Waals surface area contributed by atoms with Crippen LogP contribution in [0.2, 0.25) is 0 Å². The van der Waals surface area contributed by atoms with Crippen LogP contribution in [-0.4, -0.2) is 22.1 Å². The highest BCUT2D eigenvalue weighted by Crippen LogP contribution is 2.77. The van der Waals surface area contributed by atoms with Crippen LogP contribution in [0.5, 0.6) is 0 Å². The van der Waals surface area contributed by atoms with E-state index < -0.39 is 22.0 Å². The Morgan fingerprint density at radius 1 is 1.00 bits per heavy atom. The van der Waals surface area contributed by atoms with Gasteiger partial charge in [-0.15, -0.1) is 0 Å². The second kappa shape index (κ2) is 9.86. The van der Waals surface area contributed by atoms with Gasteiger partial charge in [0.2, 0.25) is 0 Å². The van der Waals surface area contributed by atoms with Gasteiger partial charge in [0.05, 0.1) is 5.41 Å². The summed E-state index contributed by atoms with van der Waals surface area (Å²) in [6.45, 7) is 18.2. The third-order valence-electron chi connectivity index (χ3n) is 14.6. The summed E-state index contributed by atoms with van der Waals surface area (Å²) in [5.41, 5.74) is 1.80. The molecule has 234 valence electrons. The molecule has 6 nitrogen and oxygen atoms in total. The normalized spacial score (nSPS) is 45.0. The summed E-state index contributed by atoms with van der Waals surface area (Å²) in [5.74, 6) is 1.06. The fraction of sp³-hybridized carbons (Fsp3) is 0.676. The fourth-order valence-corrected chi connectivity index (χ4v) is 12.5. The van der Waals surface area contributed by atoms with Crippen LogP contribution in [0.3, 0.4) is 0 Å². The van der Waals surface area contributed by atoms with Crippen LogP contribution in [0.4, 0.5) is 5.69 Å². The number of Topliss-reactive ketones (excluding diaryl/α,β-unsaturated/α-hetero) is 1. The molecule has 1 aromatic rings. The highest BCUT2D eigenvalue weighted by molar-refractivity contribution is 6.04. The van der Waals surface area contributed by atoms with E-state index >= 15 is 0 Å². The van der Waals surface area contributed by atoms with E-state index in [2.05, 4.69) is 48.1 Å². The number of allylic oxidation sites excluding steroid dienone is 2.